The van der Waals surface area contributed by atoms with Crippen molar-refractivity contribution in [3.8, 4) is 0 Å². The van der Waals surface area contributed by atoms with E-state index in [0.717, 1.165) is 25.9 Å². The lowest BCUT2D eigenvalue weighted by atomic mass is 9.84. The van der Waals surface area contributed by atoms with E-state index in [-0.39, 0.29) is 47.7 Å². The number of fused-ring (bicyclic) bond motifs is 1. The number of pyridine rings is 1. The third kappa shape index (κ3) is 5.06. The van der Waals surface area contributed by atoms with E-state index in [4.69, 9.17) is 4.74 Å². The summed E-state index contributed by atoms with van der Waals surface area (Å²) in [6.45, 7) is 7.22. The first-order chi connectivity index (χ1) is 14.9. The maximum Gasteiger partial charge on any atom is 0.222 e. The molecule has 31 heavy (non-hydrogen) atoms. The number of carbonyl (C=O) groups is 2. The second kappa shape index (κ2) is 9.61. The van der Waals surface area contributed by atoms with Crippen molar-refractivity contribution in [2.75, 3.05) is 26.2 Å². The highest BCUT2D eigenvalue weighted by Crippen LogP contribution is 2.42. The summed E-state index contributed by atoms with van der Waals surface area (Å²) < 4.78 is 20.3. The van der Waals surface area contributed by atoms with Crippen LogP contribution in [0.3, 0.4) is 0 Å². The monoisotopic (exact) mass is 432 g/mol. The van der Waals surface area contributed by atoms with Crippen LogP contribution in [-0.2, 0) is 20.9 Å². The Hall–Kier alpha value is -2.06. The number of aromatic nitrogens is 1. The van der Waals surface area contributed by atoms with E-state index >= 15 is 0 Å². The van der Waals surface area contributed by atoms with Gasteiger partial charge in [-0.15, -0.1) is 0 Å². The molecule has 0 aromatic carbocycles. The molecule has 3 fully saturated rings. The van der Waals surface area contributed by atoms with Gasteiger partial charge >= 0.3 is 0 Å². The fraction of sp³-hybridized carbons (Fsp3) is 0.696. The highest BCUT2D eigenvalue weighted by molar-refractivity contribution is 5.77. The molecule has 2 amide bonds. The van der Waals surface area contributed by atoms with Crippen molar-refractivity contribution >= 4 is 11.8 Å². The van der Waals surface area contributed by atoms with Crippen molar-refractivity contribution in [2.24, 2.45) is 11.8 Å². The van der Waals surface area contributed by atoms with Gasteiger partial charge in [-0.25, -0.2) is 4.39 Å². The number of likely N-dealkylation sites (tertiary alicyclic amines) is 2. The van der Waals surface area contributed by atoms with Gasteiger partial charge in [0.25, 0.3) is 0 Å². The molecular formula is C23H33FN4O3. The van der Waals surface area contributed by atoms with Gasteiger partial charge in [0.1, 0.15) is 5.82 Å². The van der Waals surface area contributed by atoms with Crippen molar-refractivity contribution in [3.05, 3.63) is 29.8 Å². The Balaban J connectivity index is 1.49. The van der Waals surface area contributed by atoms with Gasteiger partial charge in [-0.3, -0.25) is 19.5 Å². The van der Waals surface area contributed by atoms with Gasteiger partial charge in [0.15, 0.2) is 0 Å². The molecule has 4 atom stereocenters. The zero-order valence-electron chi connectivity index (χ0n) is 18.4. The van der Waals surface area contributed by atoms with Gasteiger partial charge in [-0.1, -0.05) is 0 Å². The highest BCUT2D eigenvalue weighted by atomic mass is 19.1. The van der Waals surface area contributed by atoms with Crippen LogP contribution in [0.15, 0.2) is 18.5 Å². The molecule has 0 bridgehead atoms. The van der Waals surface area contributed by atoms with Crippen molar-refractivity contribution < 1.29 is 18.7 Å². The molecule has 0 radical (unpaired) electrons. The van der Waals surface area contributed by atoms with Gasteiger partial charge in [0.05, 0.1) is 25.3 Å². The number of nitrogens with zero attached hydrogens (tertiary/aromatic N) is 3. The second-order valence-corrected chi connectivity index (χ2v) is 9.39. The molecule has 1 aromatic heterocycles. The number of amides is 2. The molecule has 0 aliphatic carbocycles. The zero-order chi connectivity index (χ0) is 22.0. The minimum atomic E-state index is -0.317. The fourth-order valence-electron chi connectivity index (χ4n) is 5.43. The summed E-state index contributed by atoms with van der Waals surface area (Å²) in [4.78, 5) is 33.3. The molecule has 0 unspecified atom stereocenters. The molecule has 7 nitrogen and oxygen atoms in total. The van der Waals surface area contributed by atoms with Gasteiger partial charge in [0.2, 0.25) is 11.8 Å². The smallest absolute Gasteiger partial charge is 0.222 e. The molecule has 170 valence electrons. The zero-order valence-corrected chi connectivity index (χ0v) is 18.4. The number of rotatable bonds is 7. The maximum absolute atomic E-state index is 14.2. The van der Waals surface area contributed by atoms with E-state index in [1.807, 2.05) is 18.7 Å². The predicted molar refractivity (Wildman–Crippen MR) is 113 cm³/mol. The van der Waals surface area contributed by atoms with E-state index < -0.39 is 0 Å². The van der Waals surface area contributed by atoms with Crippen molar-refractivity contribution in [3.63, 3.8) is 0 Å². The van der Waals surface area contributed by atoms with Gasteiger partial charge in [-0.2, -0.15) is 0 Å². The van der Waals surface area contributed by atoms with E-state index in [9.17, 15) is 14.0 Å². The first kappa shape index (κ1) is 22.1. The van der Waals surface area contributed by atoms with E-state index in [0.29, 0.717) is 38.1 Å². The minimum Gasteiger partial charge on any atom is -0.376 e. The Morgan fingerprint density at radius 2 is 2.06 bits per heavy atom. The van der Waals surface area contributed by atoms with Crippen LogP contribution in [-0.4, -0.2) is 71.0 Å². The molecule has 0 saturated carbocycles. The van der Waals surface area contributed by atoms with Crippen molar-refractivity contribution in [2.45, 2.75) is 64.3 Å². The summed E-state index contributed by atoms with van der Waals surface area (Å²) in [6.07, 6.45) is 5.51. The summed E-state index contributed by atoms with van der Waals surface area (Å²) in [6, 6.07) is 1.86. The van der Waals surface area contributed by atoms with Crippen molar-refractivity contribution in [1.82, 2.24) is 20.1 Å². The predicted octanol–water partition coefficient (Wildman–Crippen LogP) is 1.96. The Morgan fingerprint density at radius 3 is 2.77 bits per heavy atom. The van der Waals surface area contributed by atoms with Gasteiger partial charge in [0, 0.05) is 62.4 Å². The maximum atomic E-state index is 14.2. The molecule has 1 N–H and O–H groups in total. The van der Waals surface area contributed by atoms with Crippen molar-refractivity contribution in [1.29, 1.82) is 0 Å². The number of hydrogen-bond acceptors (Lipinski definition) is 5. The summed E-state index contributed by atoms with van der Waals surface area (Å²) >= 11 is 0. The molecule has 1 aromatic rings. The summed E-state index contributed by atoms with van der Waals surface area (Å²) in [7, 11) is 0. The normalized spacial score (nSPS) is 28.3. The average Bonchev–Trinajstić information content (AvgIpc) is 3.43. The summed E-state index contributed by atoms with van der Waals surface area (Å²) in [5, 5.41) is 2.94. The quantitative estimate of drug-likeness (QED) is 0.713. The van der Waals surface area contributed by atoms with Gasteiger partial charge in [-0.05, 0) is 38.7 Å². The summed E-state index contributed by atoms with van der Waals surface area (Å²) in [5.41, 5.74) is 0.598. The number of carbonyl (C=O) groups excluding carboxylic acids is 2. The van der Waals surface area contributed by atoms with Crippen LogP contribution in [0.1, 0.15) is 45.1 Å². The van der Waals surface area contributed by atoms with E-state index in [2.05, 4.69) is 15.2 Å². The number of nitrogens with one attached hydrogen (secondary N) is 1. The molecule has 3 aliphatic rings. The molecular weight excluding hydrogens is 399 g/mol. The standard InChI is InChI=1S/C23H33FN4O3/c1-15(2)26-21(29)10-20-23-17(9-22(30)27-7-3-4-8-27)13-28(19(23)14-31-20)12-16-5-6-25-11-18(16)24/h5-6,11,15,17,19-20,23H,3-4,7-10,12-14H2,1-2H3,(H,26,29)/t17-,19-,20+,23-/m1/s1. The average molecular weight is 433 g/mol. The first-order valence-electron chi connectivity index (χ1n) is 11.4. The Bertz CT molecular complexity index is 799. The third-order valence-electron chi connectivity index (χ3n) is 6.80. The van der Waals surface area contributed by atoms with E-state index in [1.54, 1.807) is 12.3 Å². The number of halogens is 1. The third-order valence-corrected chi connectivity index (χ3v) is 6.80. The fourth-order valence-corrected chi connectivity index (χ4v) is 5.43. The largest absolute Gasteiger partial charge is 0.376 e. The minimum absolute atomic E-state index is 0.0242. The lowest BCUT2D eigenvalue weighted by Crippen LogP contribution is -2.37. The molecule has 0 spiro atoms. The molecule has 8 heteroatoms. The van der Waals surface area contributed by atoms with Crippen LogP contribution >= 0.6 is 0 Å². The molecule has 3 saturated heterocycles. The summed E-state index contributed by atoms with van der Waals surface area (Å²) in [5.74, 6) is 0.0403. The Kier molecular flexibility index (Phi) is 6.86. The van der Waals surface area contributed by atoms with Crippen LogP contribution < -0.4 is 5.32 Å². The van der Waals surface area contributed by atoms with E-state index in [1.165, 1.54) is 6.20 Å². The lowest BCUT2D eigenvalue weighted by Gasteiger charge is -2.25. The van der Waals surface area contributed by atoms with Crippen LogP contribution in [0.25, 0.3) is 0 Å². The van der Waals surface area contributed by atoms with Crippen LogP contribution in [0.5, 0.6) is 0 Å². The SMILES string of the molecule is CC(C)NC(=O)C[C@@H]1OC[C@@H]2[C@H]1[C@H](CC(=O)N1CCCC1)CN2Cc1ccncc1F. The lowest BCUT2D eigenvalue weighted by molar-refractivity contribution is -0.131. The Labute approximate surface area is 183 Å². The van der Waals surface area contributed by atoms with Gasteiger partial charge < -0.3 is 15.0 Å². The van der Waals surface area contributed by atoms with Crippen LogP contribution in [0.4, 0.5) is 4.39 Å². The van der Waals surface area contributed by atoms with Crippen LogP contribution in [0, 0.1) is 17.7 Å². The molecule has 4 rings (SSSR count). The Morgan fingerprint density at radius 1 is 1.29 bits per heavy atom. The van der Waals surface area contributed by atoms with Crippen LogP contribution in [0.2, 0.25) is 0 Å². The first-order valence-corrected chi connectivity index (χ1v) is 11.4. The molecule has 4 heterocycles. The molecule has 3 aliphatic heterocycles. The second-order valence-electron chi connectivity index (χ2n) is 9.39. The highest BCUT2D eigenvalue weighted by Gasteiger charge is 2.51. The topological polar surface area (TPSA) is 74.8 Å². The number of ether oxygens (including phenoxy) is 1. The number of hydrogen-bond donors (Lipinski definition) is 1.